The molecule has 2 nitrogen and oxygen atoms in total. The summed E-state index contributed by atoms with van der Waals surface area (Å²) in [4.78, 5) is 0. The van der Waals surface area contributed by atoms with E-state index in [1.165, 1.54) is 6.07 Å². The summed E-state index contributed by atoms with van der Waals surface area (Å²) in [6, 6.07) is 3.20. The molecule has 18 heavy (non-hydrogen) atoms. The van der Waals surface area contributed by atoms with Crippen LogP contribution in [-0.2, 0) is 0 Å². The normalized spacial score (nSPS) is 12.9. The predicted molar refractivity (Wildman–Crippen MR) is 73.7 cm³/mol. The van der Waals surface area contributed by atoms with Crippen molar-refractivity contribution in [2.75, 3.05) is 5.32 Å². The first-order valence-corrected chi connectivity index (χ1v) is 6.68. The Bertz CT molecular complexity index is 415. The SMILES string of the molecule is CC(C)C(C)Nc1cc(Cl)cc(Br)c1OC(F)F. The summed E-state index contributed by atoms with van der Waals surface area (Å²) >= 11 is 9.08. The minimum Gasteiger partial charge on any atom is -0.431 e. The summed E-state index contributed by atoms with van der Waals surface area (Å²) in [6.07, 6.45) is 0. The summed E-state index contributed by atoms with van der Waals surface area (Å²) in [7, 11) is 0. The number of alkyl halides is 2. The van der Waals surface area contributed by atoms with Gasteiger partial charge >= 0.3 is 6.61 Å². The zero-order chi connectivity index (χ0) is 13.9. The minimum atomic E-state index is -2.88. The molecule has 1 aromatic carbocycles. The Labute approximate surface area is 119 Å². The second-order valence-corrected chi connectivity index (χ2v) is 5.61. The molecule has 0 saturated heterocycles. The fraction of sp³-hybridized carbons (Fsp3) is 0.500. The van der Waals surface area contributed by atoms with E-state index < -0.39 is 6.61 Å². The first kappa shape index (κ1) is 15.5. The monoisotopic (exact) mass is 341 g/mol. The highest BCUT2D eigenvalue weighted by molar-refractivity contribution is 9.10. The number of hydrogen-bond acceptors (Lipinski definition) is 2. The largest absolute Gasteiger partial charge is 0.431 e. The van der Waals surface area contributed by atoms with Crippen molar-refractivity contribution < 1.29 is 13.5 Å². The van der Waals surface area contributed by atoms with Gasteiger partial charge in [0.15, 0.2) is 5.75 Å². The van der Waals surface area contributed by atoms with E-state index in [1.54, 1.807) is 6.07 Å². The molecule has 0 spiro atoms. The lowest BCUT2D eigenvalue weighted by molar-refractivity contribution is -0.0499. The number of hydrogen-bond donors (Lipinski definition) is 1. The Hall–Kier alpha value is -0.550. The van der Waals surface area contributed by atoms with Crippen LogP contribution in [0.2, 0.25) is 5.02 Å². The quantitative estimate of drug-likeness (QED) is 0.798. The van der Waals surface area contributed by atoms with Crippen LogP contribution in [0.5, 0.6) is 5.75 Å². The number of nitrogens with one attached hydrogen (secondary N) is 1. The topological polar surface area (TPSA) is 21.3 Å². The molecule has 0 saturated carbocycles. The Kier molecular flexibility index (Phi) is 5.66. The molecule has 0 heterocycles. The van der Waals surface area contributed by atoms with Gasteiger partial charge in [-0.25, -0.2) is 0 Å². The Morgan fingerprint density at radius 1 is 1.28 bits per heavy atom. The molecule has 1 atom stereocenters. The highest BCUT2D eigenvalue weighted by Crippen LogP contribution is 2.38. The van der Waals surface area contributed by atoms with Gasteiger partial charge < -0.3 is 10.1 Å². The van der Waals surface area contributed by atoms with Gasteiger partial charge in [0.25, 0.3) is 0 Å². The van der Waals surface area contributed by atoms with Crippen molar-refractivity contribution in [3.05, 3.63) is 21.6 Å². The highest BCUT2D eigenvalue weighted by atomic mass is 79.9. The van der Waals surface area contributed by atoms with Crippen LogP contribution >= 0.6 is 27.5 Å². The predicted octanol–water partition coefficient (Wildman–Crippen LogP) is 5.16. The summed E-state index contributed by atoms with van der Waals surface area (Å²) in [5.74, 6) is 0.420. The number of anilines is 1. The van der Waals surface area contributed by atoms with E-state index in [9.17, 15) is 8.78 Å². The number of benzene rings is 1. The van der Waals surface area contributed by atoms with E-state index in [4.69, 9.17) is 11.6 Å². The lowest BCUT2D eigenvalue weighted by Gasteiger charge is -2.21. The van der Waals surface area contributed by atoms with Gasteiger partial charge in [-0.1, -0.05) is 25.4 Å². The maximum Gasteiger partial charge on any atom is 0.387 e. The molecule has 0 bridgehead atoms. The van der Waals surface area contributed by atoms with Crippen molar-refractivity contribution >= 4 is 33.2 Å². The average molecular weight is 343 g/mol. The summed E-state index contributed by atoms with van der Waals surface area (Å²) in [5.41, 5.74) is 0.455. The molecule has 1 unspecified atom stereocenters. The third-order valence-electron chi connectivity index (χ3n) is 2.60. The second kappa shape index (κ2) is 6.57. The van der Waals surface area contributed by atoms with E-state index in [0.717, 1.165) is 0 Å². The maximum atomic E-state index is 12.4. The Morgan fingerprint density at radius 3 is 2.39 bits per heavy atom. The van der Waals surface area contributed by atoms with Gasteiger partial charge in [0, 0.05) is 11.1 Å². The molecule has 0 fully saturated rings. The van der Waals surface area contributed by atoms with Crippen molar-refractivity contribution in [1.82, 2.24) is 0 Å². The fourth-order valence-corrected chi connectivity index (χ4v) is 2.19. The molecule has 0 radical (unpaired) electrons. The van der Waals surface area contributed by atoms with Crippen LogP contribution < -0.4 is 10.1 Å². The van der Waals surface area contributed by atoms with E-state index in [1.807, 2.05) is 20.8 Å². The lowest BCUT2D eigenvalue weighted by atomic mass is 10.1. The molecule has 0 aliphatic carbocycles. The van der Waals surface area contributed by atoms with E-state index in [-0.39, 0.29) is 11.8 Å². The molecule has 102 valence electrons. The zero-order valence-corrected chi connectivity index (χ0v) is 12.6. The summed E-state index contributed by atoms with van der Waals surface area (Å²) in [6.45, 7) is 3.15. The third-order valence-corrected chi connectivity index (χ3v) is 3.41. The van der Waals surface area contributed by atoms with Crippen LogP contribution in [0.1, 0.15) is 20.8 Å². The Morgan fingerprint density at radius 2 is 1.89 bits per heavy atom. The van der Waals surface area contributed by atoms with E-state index in [0.29, 0.717) is 21.1 Å². The molecule has 1 aromatic rings. The molecule has 1 N–H and O–H groups in total. The minimum absolute atomic E-state index is 0.0712. The number of halogens is 4. The van der Waals surface area contributed by atoms with Crippen LogP contribution in [0.4, 0.5) is 14.5 Å². The second-order valence-electron chi connectivity index (χ2n) is 4.32. The van der Waals surface area contributed by atoms with Gasteiger partial charge in [0.2, 0.25) is 0 Å². The van der Waals surface area contributed by atoms with Gasteiger partial charge in [0.1, 0.15) is 0 Å². The highest BCUT2D eigenvalue weighted by Gasteiger charge is 2.17. The van der Waals surface area contributed by atoms with Crippen molar-refractivity contribution in [1.29, 1.82) is 0 Å². The number of rotatable bonds is 5. The van der Waals surface area contributed by atoms with Gasteiger partial charge in [-0.3, -0.25) is 0 Å². The first-order chi connectivity index (χ1) is 8.31. The molecule has 1 rings (SSSR count). The Balaban J connectivity index is 3.07. The van der Waals surface area contributed by atoms with Crippen LogP contribution in [0, 0.1) is 5.92 Å². The standard InChI is InChI=1S/C12H15BrClF2NO/c1-6(2)7(3)17-10-5-8(14)4-9(13)11(10)18-12(15)16/h4-7,12,17H,1-3H3. The van der Waals surface area contributed by atoms with Crippen molar-refractivity contribution in [2.24, 2.45) is 5.92 Å². The number of ether oxygens (including phenoxy) is 1. The molecule has 0 aromatic heterocycles. The van der Waals surface area contributed by atoms with Crippen molar-refractivity contribution in [2.45, 2.75) is 33.4 Å². The van der Waals surface area contributed by atoms with Gasteiger partial charge in [-0.05, 0) is 40.9 Å². The molecule has 0 aliphatic rings. The summed E-state index contributed by atoms with van der Waals surface area (Å²) in [5, 5.41) is 3.57. The molecular weight excluding hydrogens is 327 g/mol. The lowest BCUT2D eigenvalue weighted by Crippen LogP contribution is -2.22. The summed E-state index contributed by atoms with van der Waals surface area (Å²) < 4.78 is 29.7. The smallest absolute Gasteiger partial charge is 0.387 e. The molecule has 0 amide bonds. The van der Waals surface area contributed by atoms with Gasteiger partial charge in [-0.15, -0.1) is 0 Å². The first-order valence-electron chi connectivity index (χ1n) is 5.51. The van der Waals surface area contributed by atoms with E-state index >= 15 is 0 Å². The average Bonchev–Trinajstić information content (AvgIpc) is 2.22. The van der Waals surface area contributed by atoms with E-state index in [2.05, 4.69) is 26.0 Å². The van der Waals surface area contributed by atoms with Crippen LogP contribution in [0.3, 0.4) is 0 Å². The van der Waals surface area contributed by atoms with Gasteiger partial charge in [0.05, 0.1) is 10.2 Å². The molecular formula is C12H15BrClF2NO. The fourth-order valence-electron chi connectivity index (χ4n) is 1.29. The maximum absolute atomic E-state index is 12.4. The van der Waals surface area contributed by atoms with Crippen LogP contribution in [0.25, 0.3) is 0 Å². The third kappa shape index (κ3) is 4.28. The van der Waals surface area contributed by atoms with Crippen molar-refractivity contribution in [3.8, 4) is 5.75 Å². The molecule has 0 aliphatic heterocycles. The van der Waals surface area contributed by atoms with Crippen molar-refractivity contribution in [3.63, 3.8) is 0 Å². The zero-order valence-electron chi connectivity index (χ0n) is 10.3. The van der Waals surface area contributed by atoms with Crippen LogP contribution in [-0.4, -0.2) is 12.7 Å². The van der Waals surface area contributed by atoms with Crippen LogP contribution in [0.15, 0.2) is 16.6 Å². The molecule has 6 heteroatoms. The van der Waals surface area contributed by atoms with Gasteiger partial charge in [-0.2, -0.15) is 8.78 Å².